The fraction of sp³-hybridized carbons (Fsp3) is 0.286. The molecule has 3 aromatic rings. The van der Waals surface area contributed by atoms with Gasteiger partial charge in [0.1, 0.15) is 24.2 Å². The van der Waals surface area contributed by atoms with Crippen molar-refractivity contribution in [1.82, 2.24) is 10.2 Å². The molecule has 208 valence electrons. The SMILES string of the molecule is CCNC(=O)[C@H](C)N(Cc1cccc(Br)c1)C(=O)CN(c1ccc(F)cc1)S(=O)(=O)c1ccc(OCC)cc1. The molecule has 3 rings (SSSR count). The Bertz CT molecular complexity index is 1390. The highest BCUT2D eigenvalue weighted by atomic mass is 79.9. The van der Waals surface area contributed by atoms with Crippen LogP contribution in [0.3, 0.4) is 0 Å². The maximum absolute atomic E-state index is 13.8. The quantitative estimate of drug-likeness (QED) is 0.316. The lowest BCUT2D eigenvalue weighted by Gasteiger charge is -2.32. The lowest BCUT2D eigenvalue weighted by atomic mass is 10.1. The predicted molar refractivity (Wildman–Crippen MR) is 151 cm³/mol. The van der Waals surface area contributed by atoms with Crippen LogP contribution in [0, 0.1) is 5.82 Å². The highest BCUT2D eigenvalue weighted by Crippen LogP contribution is 2.26. The monoisotopic (exact) mass is 619 g/mol. The maximum atomic E-state index is 13.8. The van der Waals surface area contributed by atoms with Gasteiger partial charge in [-0.05, 0) is 87.0 Å². The summed E-state index contributed by atoms with van der Waals surface area (Å²) in [6.07, 6.45) is 0. The Morgan fingerprint density at radius 2 is 1.69 bits per heavy atom. The normalized spacial score (nSPS) is 11.9. The van der Waals surface area contributed by atoms with E-state index in [1.165, 1.54) is 41.3 Å². The van der Waals surface area contributed by atoms with Gasteiger partial charge in [0.15, 0.2) is 0 Å². The van der Waals surface area contributed by atoms with E-state index in [0.717, 1.165) is 26.5 Å². The second-order valence-electron chi connectivity index (χ2n) is 8.61. The number of ether oxygens (including phenoxy) is 1. The number of hydrogen-bond donors (Lipinski definition) is 1. The van der Waals surface area contributed by atoms with Gasteiger partial charge < -0.3 is 15.0 Å². The van der Waals surface area contributed by atoms with Gasteiger partial charge in [0, 0.05) is 17.6 Å². The van der Waals surface area contributed by atoms with Crippen LogP contribution in [-0.4, -0.2) is 50.9 Å². The van der Waals surface area contributed by atoms with Gasteiger partial charge in [-0.15, -0.1) is 0 Å². The molecular formula is C28H31BrFN3O5S. The number of carbonyl (C=O) groups is 2. The van der Waals surface area contributed by atoms with Crippen molar-refractivity contribution in [3.8, 4) is 5.75 Å². The summed E-state index contributed by atoms with van der Waals surface area (Å²) >= 11 is 3.41. The average Bonchev–Trinajstić information content (AvgIpc) is 2.91. The van der Waals surface area contributed by atoms with Gasteiger partial charge >= 0.3 is 0 Å². The molecule has 0 aromatic heterocycles. The van der Waals surface area contributed by atoms with Crippen molar-refractivity contribution in [3.05, 3.63) is 88.6 Å². The summed E-state index contributed by atoms with van der Waals surface area (Å²) in [5.41, 5.74) is 0.850. The molecule has 2 amide bonds. The molecular weight excluding hydrogens is 589 g/mol. The number of benzene rings is 3. The number of anilines is 1. The number of nitrogens with zero attached hydrogens (tertiary/aromatic N) is 2. The summed E-state index contributed by atoms with van der Waals surface area (Å²) in [7, 11) is -4.26. The van der Waals surface area contributed by atoms with E-state index in [2.05, 4.69) is 21.2 Å². The van der Waals surface area contributed by atoms with Crippen LogP contribution in [-0.2, 0) is 26.2 Å². The van der Waals surface area contributed by atoms with Crippen molar-refractivity contribution in [2.24, 2.45) is 0 Å². The fourth-order valence-corrected chi connectivity index (χ4v) is 5.74. The molecule has 0 unspecified atom stereocenters. The fourth-order valence-electron chi connectivity index (χ4n) is 3.87. The lowest BCUT2D eigenvalue weighted by molar-refractivity contribution is -0.139. The Kier molecular flexibility index (Phi) is 10.5. The molecule has 0 saturated heterocycles. The van der Waals surface area contributed by atoms with Crippen molar-refractivity contribution < 1.29 is 27.1 Å². The van der Waals surface area contributed by atoms with Crippen molar-refractivity contribution >= 4 is 43.5 Å². The molecule has 3 aromatic carbocycles. The Hall–Kier alpha value is -3.44. The molecule has 1 atom stereocenters. The van der Waals surface area contributed by atoms with E-state index in [9.17, 15) is 22.4 Å². The number of sulfonamides is 1. The summed E-state index contributed by atoms with van der Waals surface area (Å²) in [4.78, 5) is 27.8. The van der Waals surface area contributed by atoms with E-state index >= 15 is 0 Å². The highest BCUT2D eigenvalue weighted by Gasteiger charge is 2.32. The van der Waals surface area contributed by atoms with Gasteiger partial charge in [-0.25, -0.2) is 12.8 Å². The first-order valence-corrected chi connectivity index (χ1v) is 14.6. The van der Waals surface area contributed by atoms with Crippen LogP contribution >= 0.6 is 15.9 Å². The molecule has 0 saturated carbocycles. The number of amides is 2. The van der Waals surface area contributed by atoms with Crippen LogP contribution < -0.4 is 14.4 Å². The van der Waals surface area contributed by atoms with Gasteiger partial charge in [-0.3, -0.25) is 13.9 Å². The van der Waals surface area contributed by atoms with E-state index in [0.29, 0.717) is 18.9 Å². The van der Waals surface area contributed by atoms with E-state index in [1.54, 1.807) is 19.9 Å². The van der Waals surface area contributed by atoms with Crippen LogP contribution in [0.25, 0.3) is 0 Å². The third-order valence-corrected chi connectivity index (χ3v) is 8.16. The molecule has 0 aliphatic heterocycles. The summed E-state index contributed by atoms with van der Waals surface area (Å²) in [5, 5.41) is 2.71. The minimum atomic E-state index is -4.26. The minimum Gasteiger partial charge on any atom is -0.494 e. The molecule has 0 fully saturated rings. The molecule has 8 nitrogen and oxygen atoms in total. The Morgan fingerprint density at radius 3 is 2.28 bits per heavy atom. The standard InChI is InChI=1S/C28H31BrFN3O5S/c1-4-31-28(35)20(3)32(18-21-7-6-8-22(29)17-21)27(34)19-33(24-11-9-23(30)10-12-24)39(36,37)26-15-13-25(14-16-26)38-5-2/h6-17,20H,4-5,18-19H2,1-3H3,(H,31,35)/t20-/m0/s1. The maximum Gasteiger partial charge on any atom is 0.264 e. The largest absolute Gasteiger partial charge is 0.494 e. The third-order valence-electron chi connectivity index (χ3n) is 5.88. The topological polar surface area (TPSA) is 96.0 Å². The summed E-state index contributed by atoms with van der Waals surface area (Å²) in [6, 6.07) is 17.0. The Labute approximate surface area is 236 Å². The molecule has 1 N–H and O–H groups in total. The zero-order chi connectivity index (χ0) is 28.6. The Balaban J connectivity index is 2.01. The molecule has 0 bridgehead atoms. The zero-order valence-corrected chi connectivity index (χ0v) is 24.3. The van der Waals surface area contributed by atoms with Crippen molar-refractivity contribution in [2.75, 3.05) is 24.0 Å². The molecule has 39 heavy (non-hydrogen) atoms. The molecule has 0 radical (unpaired) electrons. The third kappa shape index (κ3) is 7.79. The Morgan fingerprint density at radius 1 is 1.03 bits per heavy atom. The lowest BCUT2D eigenvalue weighted by Crippen LogP contribution is -2.51. The van der Waals surface area contributed by atoms with Crippen LogP contribution in [0.2, 0.25) is 0 Å². The van der Waals surface area contributed by atoms with Crippen molar-refractivity contribution in [2.45, 2.75) is 38.3 Å². The van der Waals surface area contributed by atoms with E-state index in [1.807, 2.05) is 25.1 Å². The van der Waals surface area contributed by atoms with Crippen LogP contribution in [0.4, 0.5) is 10.1 Å². The first-order valence-electron chi connectivity index (χ1n) is 12.4. The summed E-state index contributed by atoms with van der Waals surface area (Å²) in [6.45, 7) is 5.41. The van der Waals surface area contributed by atoms with Crippen LogP contribution in [0.15, 0.2) is 82.2 Å². The molecule has 0 heterocycles. The van der Waals surface area contributed by atoms with Gasteiger partial charge in [0.2, 0.25) is 11.8 Å². The van der Waals surface area contributed by atoms with Crippen molar-refractivity contribution in [3.63, 3.8) is 0 Å². The number of nitrogens with one attached hydrogen (secondary N) is 1. The average molecular weight is 621 g/mol. The number of rotatable bonds is 12. The van der Waals surface area contributed by atoms with Gasteiger partial charge in [0.05, 0.1) is 17.2 Å². The first-order chi connectivity index (χ1) is 18.6. The molecule has 11 heteroatoms. The second kappa shape index (κ2) is 13.6. The van der Waals surface area contributed by atoms with Gasteiger partial charge in [-0.2, -0.15) is 0 Å². The number of carbonyl (C=O) groups excluding carboxylic acids is 2. The highest BCUT2D eigenvalue weighted by molar-refractivity contribution is 9.10. The molecule has 0 spiro atoms. The first kappa shape index (κ1) is 30.1. The van der Waals surface area contributed by atoms with Gasteiger partial charge in [0.25, 0.3) is 10.0 Å². The van der Waals surface area contributed by atoms with Crippen LogP contribution in [0.1, 0.15) is 26.3 Å². The number of likely N-dealkylation sites (N-methyl/N-ethyl adjacent to an activating group) is 1. The molecule has 0 aliphatic carbocycles. The second-order valence-corrected chi connectivity index (χ2v) is 11.4. The van der Waals surface area contributed by atoms with Crippen molar-refractivity contribution in [1.29, 1.82) is 0 Å². The smallest absolute Gasteiger partial charge is 0.264 e. The number of hydrogen-bond acceptors (Lipinski definition) is 5. The number of halogens is 2. The minimum absolute atomic E-state index is 0.0664. The van der Waals surface area contributed by atoms with E-state index in [-0.39, 0.29) is 23.0 Å². The van der Waals surface area contributed by atoms with Crippen LogP contribution in [0.5, 0.6) is 5.75 Å². The van der Waals surface area contributed by atoms with Gasteiger partial charge in [-0.1, -0.05) is 28.1 Å². The summed E-state index contributed by atoms with van der Waals surface area (Å²) in [5.74, 6) is -1.03. The molecule has 0 aliphatic rings. The van der Waals surface area contributed by atoms with E-state index in [4.69, 9.17) is 4.74 Å². The summed E-state index contributed by atoms with van der Waals surface area (Å²) < 4.78 is 48.4. The van der Waals surface area contributed by atoms with E-state index < -0.39 is 34.3 Å². The predicted octanol–water partition coefficient (Wildman–Crippen LogP) is 4.74. The zero-order valence-electron chi connectivity index (χ0n) is 21.9.